The molecule has 0 bridgehead atoms. The van der Waals surface area contributed by atoms with E-state index in [1.54, 1.807) is 22.7 Å². The predicted octanol–water partition coefficient (Wildman–Crippen LogP) is 5.20. The Balaban J connectivity index is 1.73. The van der Waals surface area contributed by atoms with Crippen molar-refractivity contribution in [1.29, 1.82) is 0 Å². The van der Waals surface area contributed by atoms with Crippen molar-refractivity contribution in [1.82, 2.24) is 4.98 Å². The largest absolute Gasteiger partial charge is 0.465 e. The smallest absolute Gasteiger partial charge is 0.349 e. The highest BCUT2D eigenvalue weighted by Gasteiger charge is 2.10. The molecule has 0 aliphatic carbocycles. The third-order valence-corrected chi connectivity index (χ3v) is 6.26. The second-order valence-corrected chi connectivity index (χ2v) is 8.00. The molecule has 0 amide bonds. The number of ether oxygens (including phenoxy) is 1. The topological polar surface area (TPSA) is 67.1 Å². The number of carbonyl (C=O) groups excluding carboxylic acids is 1. The highest BCUT2D eigenvalue weighted by molar-refractivity contribution is 7.25. The van der Waals surface area contributed by atoms with Gasteiger partial charge < -0.3 is 9.64 Å². The average Bonchev–Trinajstić information content (AvgIpc) is 3.30. The van der Waals surface area contributed by atoms with Gasteiger partial charge in [-0.3, -0.25) is 0 Å². The molecule has 0 radical (unpaired) electrons. The Morgan fingerprint density at radius 2 is 1.83 bits per heavy atom. The highest BCUT2D eigenvalue weighted by Crippen LogP contribution is 2.39. The summed E-state index contributed by atoms with van der Waals surface area (Å²) in [6, 6.07) is 8.17. The number of thiophene rings is 2. The van der Waals surface area contributed by atoms with E-state index in [0.717, 1.165) is 21.2 Å². The number of anilines is 1. The van der Waals surface area contributed by atoms with Crippen LogP contribution in [0.4, 0.5) is 15.1 Å². The van der Waals surface area contributed by atoms with Crippen molar-refractivity contribution >= 4 is 55.1 Å². The fourth-order valence-electron chi connectivity index (χ4n) is 1.81. The Kier molecular flexibility index (Phi) is 5.03. The molecule has 3 aromatic rings. The van der Waals surface area contributed by atoms with Crippen molar-refractivity contribution in [3.63, 3.8) is 0 Å². The van der Waals surface area contributed by atoms with Crippen LogP contribution in [0.1, 0.15) is 9.67 Å². The minimum absolute atomic E-state index is 0.410. The minimum Gasteiger partial charge on any atom is -0.465 e. The number of methoxy groups -OCH3 is 1. The molecular formula is C15H14N4O2S3. The van der Waals surface area contributed by atoms with Gasteiger partial charge in [-0.15, -0.1) is 32.9 Å². The maximum Gasteiger partial charge on any atom is 0.349 e. The molecule has 3 aromatic heterocycles. The van der Waals surface area contributed by atoms with Crippen molar-refractivity contribution in [3.05, 3.63) is 35.3 Å². The maximum absolute atomic E-state index is 11.4. The van der Waals surface area contributed by atoms with Crippen LogP contribution in [-0.4, -0.2) is 32.2 Å². The second kappa shape index (κ2) is 7.20. The van der Waals surface area contributed by atoms with E-state index in [4.69, 9.17) is 0 Å². The van der Waals surface area contributed by atoms with Gasteiger partial charge >= 0.3 is 5.97 Å². The SMILES string of the molecule is COC(=O)c1cnc(/N=N/c2ccc(-c3ccc(N(C)C)s3)s2)s1. The van der Waals surface area contributed by atoms with Crippen LogP contribution in [0.5, 0.6) is 0 Å². The van der Waals surface area contributed by atoms with E-state index in [1.165, 1.54) is 23.2 Å². The summed E-state index contributed by atoms with van der Waals surface area (Å²) in [4.78, 5) is 20.3. The third kappa shape index (κ3) is 3.69. The van der Waals surface area contributed by atoms with Crippen LogP contribution in [0.25, 0.3) is 9.75 Å². The van der Waals surface area contributed by atoms with E-state index in [0.29, 0.717) is 10.0 Å². The summed E-state index contributed by atoms with van der Waals surface area (Å²) in [6.07, 6.45) is 1.44. The van der Waals surface area contributed by atoms with E-state index >= 15 is 0 Å². The summed E-state index contributed by atoms with van der Waals surface area (Å²) < 4.78 is 4.64. The molecule has 0 atom stereocenters. The number of hydrogen-bond donors (Lipinski definition) is 0. The zero-order valence-electron chi connectivity index (χ0n) is 13.2. The lowest BCUT2D eigenvalue weighted by Gasteiger charge is -2.06. The predicted molar refractivity (Wildman–Crippen MR) is 99.6 cm³/mol. The summed E-state index contributed by atoms with van der Waals surface area (Å²) in [5, 5.41) is 10.7. The van der Waals surface area contributed by atoms with Crippen LogP contribution < -0.4 is 4.90 Å². The van der Waals surface area contributed by atoms with Crippen LogP contribution in [0.2, 0.25) is 0 Å². The van der Waals surface area contributed by atoms with Gasteiger partial charge in [0.05, 0.1) is 18.3 Å². The van der Waals surface area contributed by atoms with Crippen LogP contribution in [0.3, 0.4) is 0 Å². The van der Waals surface area contributed by atoms with Crippen molar-refractivity contribution < 1.29 is 9.53 Å². The van der Waals surface area contributed by atoms with Gasteiger partial charge in [0.1, 0.15) is 9.88 Å². The molecule has 3 rings (SSSR count). The molecule has 0 aliphatic rings. The number of aromatic nitrogens is 1. The van der Waals surface area contributed by atoms with E-state index < -0.39 is 5.97 Å². The number of carbonyl (C=O) groups is 1. The molecule has 0 unspecified atom stereocenters. The Morgan fingerprint density at radius 3 is 2.54 bits per heavy atom. The molecule has 124 valence electrons. The lowest BCUT2D eigenvalue weighted by atomic mass is 10.4. The lowest BCUT2D eigenvalue weighted by molar-refractivity contribution is 0.0606. The first-order chi connectivity index (χ1) is 11.6. The van der Waals surface area contributed by atoms with Crippen LogP contribution in [-0.2, 0) is 4.74 Å². The normalized spacial score (nSPS) is 11.1. The van der Waals surface area contributed by atoms with Crippen molar-refractivity contribution in [2.75, 3.05) is 26.1 Å². The molecule has 24 heavy (non-hydrogen) atoms. The number of thiazole rings is 1. The molecule has 9 heteroatoms. The summed E-state index contributed by atoms with van der Waals surface area (Å²) in [6.45, 7) is 0. The second-order valence-electron chi connectivity index (χ2n) is 4.87. The first kappa shape index (κ1) is 16.7. The van der Waals surface area contributed by atoms with Gasteiger partial charge in [0.2, 0.25) is 5.13 Å². The van der Waals surface area contributed by atoms with Crippen LogP contribution >= 0.6 is 34.0 Å². The Hall–Kier alpha value is -2.10. The highest BCUT2D eigenvalue weighted by atomic mass is 32.1. The molecule has 0 aromatic carbocycles. The molecule has 0 N–H and O–H groups in total. The Bertz CT molecular complexity index is 879. The van der Waals surface area contributed by atoms with Gasteiger partial charge in [0.15, 0.2) is 0 Å². The molecule has 6 nitrogen and oxygen atoms in total. The standard InChI is InChI=1S/C15H14N4O2S3/c1-19(2)13-7-5-10(23-13)9-4-6-12(22-9)17-18-15-16-8-11(24-15)14(20)21-3/h4-8H,1-3H3/b18-17+. The van der Waals surface area contributed by atoms with Crippen LogP contribution in [0.15, 0.2) is 40.7 Å². The van der Waals surface area contributed by atoms with Gasteiger partial charge in [0.25, 0.3) is 0 Å². The van der Waals surface area contributed by atoms with E-state index in [1.807, 2.05) is 26.2 Å². The molecule has 0 saturated heterocycles. The van der Waals surface area contributed by atoms with Crippen LogP contribution in [0, 0.1) is 0 Å². The molecule has 0 spiro atoms. The Morgan fingerprint density at radius 1 is 1.08 bits per heavy atom. The van der Waals surface area contributed by atoms with E-state index in [9.17, 15) is 4.79 Å². The first-order valence-corrected chi connectivity index (χ1v) is 9.35. The van der Waals surface area contributed by atoms with Gasteiger partial charge in [-0.05, 0) is 24.3 Å². The maximum atomic E-state index is 11.4. The summed E-state index contributed by atoms with van der Waals surface area (Å²) in [5.41, 5.74) is 0. The molecule has 0 saturated carbocycles. The lowest BCUT2D eigenvalue weighted by Crippen LogP contribution is -2.05. The number of esters is 1. The quantitative estimate of drug-likeness (QED) is 0.452. The third-order valence-electron chi connectivity index (χ3n) is 2.98. The summed E-state index contributed by atoms with van der Waals surface area (Å²) in [5.74, 6) is -0.415. The first-order valence-electron chi connectivity index (χ1n) is 6.90. The number of nitrogens with zero attached hydrogens (tertiary/aromatic N) is 4. The number of azo groups is 1. The molecule has 0 aliphatic heterocycles. The molecule has 3 heterocycles. The fourth-order valence-corrected chi connectivity index (χ4v) is 4.31. The average molecular weight is 379 g/mol. The van der Waals surface area contributed by atoms with Gasteiger partial charge in [0, 0.05) is 23.8 Å². The monoisotopic (exact) mass is 378 g/mol. The summed E-state index contributed by atoms with van der Waals surface area (Å²) in [7, 11) is 5.39. The van der Waals surface area contributed by atoms with Gasteiger partial charge in [-0.1, -0.05) is 11.3 Å². The van der Waals surface area contributed by atoms with Crippen molar-refractivity contribution in [2.24, 2.45) is 10.2 Å². The Labute approximate surface area is 151 Å². The molecule has 0 fully saturated rings. The number of hydrogen-bond acceptors (Lipinski definition) is 9. The van der Waals surface area contributed by atoms with Crippen molar-refractivity contribution in [2.45, 2.75) is 0 Å². The fraction of sp³-hybridized carbons (Fsp3) is 0.200. The van der Waals surface area contributed by atoms with Crippen molar-refractivity contribution in [3.8, 4) is 9.75 Å². The summed E-state index contributed by atoms with van der Waals surface area (Å²) >= 11 is 4.45. The van der Waals surface area contributed by atoms with E-state index in [2.05, 4.69) is 37.0 Å². The minimum atomic E-state index is -0.415. The molecular weight excluding hydrogens is 364 g/mol. The van der Waals surface area contributed by atoms with E-state index in [-0.39, 0.29) is 0 Å². The van der Waals surface area contributed by atoms with Gasteiger partial charge in [-0.2, -0.15) is 0 Å². The zero-order chi connectivity index (χ0) is 17.1. The number of rotatable bonds is 5. The zero-order valence-corrected chi connectivity index (χ0v) is 15.7. The van der Waals surface area contributed by atoms with Gasteiger partial charge in [-0.25, -0.2) is 9.78 Å².